The predicted molar refractivity (Wildman–Crippen MR) is 141 cm³/mol. The molecule has 4 aromatic rings. The molecule has 4 rings (SSSR count). The van der Waals surface area contributed by atoms with Crippen LogP contribution in [0, 0.1) is 5.82 Å². The highest BCUT2D eigenvalue weighted by atomic mass is 35.5. The number of alkyl halides is 3. The molecule has 0 aliphatic rings. The van der Waals surface area contributed by atoms with Crippen LogP contribution in [0.1, 0.15) is 35.3 Å². The van der Waals surface area contributed by atoms with Gasteiger partial charge in [0.05, 0.1) is 16.8 Å². The maximum atomic E-state index is 14.2. The van der Waals surface area contributed by atoms with Gasteiger partial charge in [-0.1, -0.05) is 29.8 Å². The first-order chi connectivity index (χ1) is 18.5. The molecule has 1 aromatic heterocycles. The van der Waals surface area contributed by atoms with Crippen LogP contribution in [0.25, 0.3) is 10.9 Å². The largest absolute Gasteiger partial charge is 0.419 e. The van der Waals surface area contributed by atoms with Crippen molar-refractivity contribution in [1.82, 2.24) is 9.47 Å². The minimum atomic E-state index is -4.90. The lowest BCUT2D eigenvalue weighted by Crippen LogP contribution is -2.33. The first kappa shape index (κ1) is 28.0. The van der Waals surface area contributed by atoms with Crippen molar-refractivity contribution >= 4 is 40.2 Å². The van der Waals surface area contributed by atoms with E-state index < -0.39 is 29.6 Å². The lowest BCUT2D eigenvalue weighted by molar-refractivity contribution is -0.140. The highest BCUT2D eigenvalue weighted by Crippen LogP contribution is 2.36. The van der Waals surface area contributed by atoms with Gasteiger partial charge in [0, 0.05) is 41.8 Å². The third-order valence-electron chi connectivity index (χ3n) is 6.21. The Bertz CT molecular complexity index is 1530. The van der Waals surface area contributed by atoms with Crippen LogP contribution in [0.5, 0.6) is 5.75 Å². The number of hydrogen-bond acceptors (Lipinski definition) is 3. The minimum Gasteiger partial charge on any atom is -0.408 e. The molecular formula is C28H24ClF4N3O3. The molecule has 0 saturated heterocycles. The van der Waals surface area contributed by atoms with Gasteiger partial charge in [-0.2, -0.15) is 13.2 Å². The van der Waals surface area contributed by atoms with Crippen molar-refractivity contribution in [2.24, 2.45) is 0 Å². The van der Waals surface area contributed by atoms with Crippen LogP contribution in [-0.2, 0) is 12.7 Å². The van der Waals surface area contributed by atoms with Gasteiger partial charge in [0.1, 0.15) is 5.82 Å². The highest BCUT2D eigenvalue weighted by molar-refractivity contribution is 6.31. The van der Waals surface area contributed by atoms with E-state index >= 15 is 0 Å². The Morgan fingerprint density at radius 1 is 1.03 bits per heavy atom. The summed E-state index contributed by atoms with van der Waals surface area (Å²) in [5, 5.41) is 3.67. The number of rotatable bonds is 7. The molecule has 39 heavy (non-hydrogen) atoms. The number of anilines is 1. The zero-order valence-corrected chi connectivity index (χ0v) is 21.7. The Morgan fingerprint density at radius 3 is 2.38 bits per heavy atom. The van der Waals surface area contributed by atoms with E-state index in [-0.39, 0.29) is 17.0 Å². The molecule has 0 atom stereocenters. The molecule has 0 spiro atoms. The summed E-state index contributed by atoms with van der Waals surface area (Å²) in [7, 11) is 0. The fraction of sp³-hybridized carbons (Fsp3) is 0.214. The van der Waals surface area contributed by atoms with Crippen molar-refractivity contribution in [1.29, 1.82) is 0 Å². The zero-order chi connectivity index (χ0) is 28.3. The number of benzene rings is 3. The van der Waals surface area contributed by atoms with Gasteiger partial charge in [-0.3, -0.25) is 4.79 Å². The predicted octanol–water partition coefficient (Wildman–Crippen LogP) is 7.59. The number of nitrogens with zero attached hydrogens (tertiary/aromatic N) is 2. The van der Waals surface area contributed by atoms with Gasteiger partial charge in [0.2, 0.25) is 0 Å². The third-order valence-corrected chi connectivity index (χ3v) is 6.58. The fourth-order valence-corrected chi connectivity index (χ4v) is 4.32. The molecule has 204 valence electrons. The number of nitrogens with one attached hydrogen (secondary N) is 1. The van der Waals surface area contributed by atoms with Gasteiger partial charge >= 0.3 is 12.3 Å². The second kappa shape index (κ2) is 11.4. The maximum Gasteiger partial charge on any atom is 0.419 e. The van der Waals surface area contributed by atoms with Crippen LogP contribution in [0.4, 0.5) is 28.0 Å². The second-order valence-corrected chi connectivity index (χ2v) is 9.00. The number of halogens is 5. The Hall–Kier alpha value is -4.05. The summed E-state index contributed by atoms with van der Waals surface area (Å²) in [6.45, 7) is 4.74. The highest BCUT2D eigenvalue weighted by Gasteiger charge is 2.34. The molecule has 0 saturated carbocycles. The van der Waals surface area contributed by atoms with E-state index in [1.807, 2.05) is 22.8 Å². The first-order valence-corrected chi connectivity index (χ1v) is 12.4. The Kier molecular flexibility index (Phi) is 8.15. The van der Waals surface area contributed by atoms with E-state index in [1.54, 1.807) is 38.2 Å². The van der Waals surface area contributed by atoms with Gasteiger partial charge < -0.3 is 19.5 Å². The second-order valence-electron chi connectivity index (χ2n) is 8.59. The van der Waals surface area contributed by atoms with E-state index in [9.17, 15) is 27.2 Å². The Labute approximate surface area is 226 Å². The van der Waals surface area contributed by atoms with Gasteiger partial charge in [0.25, 0.3) is 5.91 Å². The van der Waals surface area contributed by atoms with Crippen molar-refractivity contribution in [3.05, 3.63) is 94.4 Å². The lowest BCUT2D eigenvalue weighted by Gasteiger charge is -2.20. The third kappa shape index (κ3) is 6.01. The van der Waals surface area contributed by atoms with Gasteiger partial charge in [-0.15, -0.1) is 0 Å². The number of hydrogen-bond donors (Lipinski definition) is 1. The van der Waals surface area contributed by atoms with Crippen LogP contribution in [0.15, 0.2) is 66.9 Å². The number of carbonyl (C=O) groups excluding carboxylic acids is 2. The standard InChI is InChI=1S/C28H24ClF4N3O3/c1-3-35(4-2)27(38)39-24-12-11-23-19(13-14-36(23)16-18-7-5-6-8-21(18)29)25(24)34-26(37)17-9-10-20(22(30)15-17)28(31,32)33/h5-15H,3-4,16H2,1-2H3,(H,34,37). The molecule has 0 aliphatic heterocycles. The average molecular weight is 562 g/mol. The van der Waals surface area contributed by atoms with Crippen LogP contribution in [0.2, 0.25) is 5.02 Å². The smallest absolute Gasteiger partial charge is 0.408 e. The number of amides is 2. The van der Waals surface area contributed by atoms with Crippen molar-refractivity contribution in [2.75, 3.05) is 18.4 Å². The van der Waals surface area contributed by atoms with Crippen molar-refractivity contribution in [3.63, 3.8) is 0 Å². The maximum absolute atomic E-state index is 14.2. The average Bonchev–Trinajstić information content (AvgIpc) is 3.29. The number of carbonyl (C=O) groups is 2. The normalized spacial score (nSPS) is 11.5. The quantitative estimate of drug-likeness (QED) is 0.236. The summed E-state index contributed by atoms with van der Waals surface area (Å²) in [4.78, 5) is 27.2. The van der Waals surface area contributed by atoms with E-state index in [2.05, 4.69) is 5.32 Å². The topological polar surface area (TPSA) is 63.6 Å². The molecule has 1 heterocycles. The Balaban J connectivity index is 1.75. The van der Waals surface area contributed by atoms with Crippen LogP contribution in [0.3, 0.4) is 0 Å². The molecule has 2 amide bonds. The van der Waals surface area contributed by atoms with Crippen molar-refractivity contribution < 1.29 is 31.9 Å². The van der Waals surface area contributed by atoms with Crippen LogP contribution in [-0.4, -0.2) is 34.6 Å². The summed E-state index contributed by atoms with van der Waals surface area (Å²) in [6, 6.07) is 14.1. The molecule has 1 N–H and O–H groups in total. The summed E-state index contributed by atoms with van der Waals surface area (Å²) < 4.78 is 60.6. The number of aromatic nitrogens is 1. The number of fused-ring (bicyclic) bond motifs is 1. The van der Waals surface area contributed by atoms with Crippen LogP contribution < -0.4 is 10.1 Å². The molecule has 0 aliphatic carbocycles. The molecule has 0 bridgehead atoms. The first-order valence-electron chi connectivity index (χ1n) is 12.0. The van der Waals surface area contributed by atoms with Crippen LogP contribution >= 0.6 is 11.6 Å². The monoisotopic (exact) mass is 561 g/mol. The summed E-state index contributed by atoms with van der Waals surface area (Å²) in [6.07, 6.45) is -3.79. The van der Waals surface area contributed by atoms with E-state index in [1.165, 1.54) is 11.0 Å². The molecule has 0 radical (unpaired) electrons. The SMILES string of the molecule is CCN(CC)C(=O)Oc1ccc2c(ccn2Cc2ccccc2Cl)c1NC(=O)c1ccc(C(F)(F)F)c(F)c1. The van der Waals surface area contributed by atoms with Gasteiger partial charge in [0.15, 0.2) is 5.75 Å². The number of ether oxygens (including phenoxy) is 1. The van der Waals surface area contributed by atoms with Gasteiger partial charge in [-0.05, 0) is 61.9 Å². The van der Waals surface area contributed by atoms with Gasteiger partial charge in [-0.25, -0.2) is 9.18 Å². The molecule has 6 nitrogen and oxygen atoms in total. The van der Waals surface area contributed by atoms with Crippen molar-refractivity contribution in [2.45, 2.75) is 26.6 Å². The van der Waals surface area contributed by atoms with E-state index in [4.69, 9.17) is 16.3 Å². The lowest BCUT2D eigenvalue weighted by atomic mass is 10.1. The molecule has 11 heteroatoms. The summed E-state index contributed by atoms with van der Waals surface area (Å²) >= 11 is 6.32. The minimum absolute atomic E-state index is 0.0237. The molecule has 0 unspecified atom stereocenters. The molecule has 0 fully saturated rings. The molecular weight excluding hydrogens is 538 g/mol. The van der Waals surface area contributed by atoms with Crippen molar-refractivity contribution in [3.8, 4) is 5.75 Å². The Morgan fingerprint density at radius 2 is 1.74 bits per heavy atom. The molecule has 3 aromatic carbocycles. The zero-order valence-electron chi connectivity index (χ0n) is 21.0. The fourth-order valence-electron chi connectivity index (χ4n) is 4.13. The summed E-state index contributed by atoms with van der Waals surface area (Å²) in [5.74, 6) is -2.43. The van der Waals surface area contributed by atoms with E-state index in [0.717, 1.165) is 11.6 Å². The van der Waals surface area contributed by atoms with E-state index in [0.29, 0.717) is 47.7 Å². The summed E-state index contributed by atoms with van der Waals surface area (Å²) in [5.41, 5.74) is -0.206.